The summed E-state index contributed by atoms with van der Waals surface area (Å²) < 4.78 is 0. The molecule has 2 heterocycles. The van der Waals surface area contributed by atoms with Gasteiger partial charge in [-0.05, 0) is 25.2 Å². The number of unbranched alkanes of at least 4 members (excludes halogenated alkanes) is 1. The molecule has 0 bridgehead atoms. The summed E-state index contributed by atoms with van der Waals surface area (Å²) >= 11 is 0. The molecule has 1 unspecified atom stereocenters. The van der Waals surface area contributed by atoms with E-state index in [1.165, 1.54) is 0 Å². The van der Waals surface area contributed by atoms with Gasteiger partial charge in [-0.25, -0.2) is 9.59 Å². The molecule has 0 aromatic rings. The topological polar surface area (TPSA) is 127 Å². The number of rotatable bonds is 12. The van der Waals surface area contributed by atoms with E-state index in [4.69, 9.17) is 9.68 Å². The van der Waals surface area contributed by atoms with Gasteiger partial charge < -0.3 is 9.68 Å². The molecule has 0 aliphatic carbocycles. The first-order valence-corrected chi connectivity index (χ1v) is 10.9. The third-order valence-corrected chi connectivity index (χ3v) is 5.69. The zero-order chi connectivity index (χ0) is 23.8. The van der Waals surface area contributed by atoms with Crippen LogP contribution in [0, 0.1) is 11.8 Å². The van der Waals surface area contributed by atoms with Gasteiger partial charge in [-0.1, -0.05) is 26.8 Å². The van der Waals surface area contributed by atoms with E-state index < -0.39 is 29.7 Å². The zero-order valence-corrected chi connectivity index (χ0v) is 18.6. The monoisotopic (exact) mass is 450 g/mol. The van der Waals surface area contributed by atoms with Crippen molar-refractivity contribution in [3.8, 4) is 0 Å². The number of Topliss-reactive ketones (excluding diaryl/α,β-unsaturated/α-hetero) is 1. The molecule has 176 valence electrons. The lowest BCUT2D eigenvalue weighted by atomic mass is 9.86. The van der Waals surface area contributed by atoms with Gasteiger partial charge in [0, 0.05) is 38.5 Å². The van der Waals surface area contributed by atoms with Gasteiger partial charge in [0.25, 0.3) is 17.7 Å². The number of allylic oxidation sites excluding steroid dienone is 1. The average Bonchev–Trinajstić information content (AvgIpc) is 3.24. The number of hydrogen-bond acceptors (Lipinski definition) is 8. The summed E-state index contributed by atoms with van der Waals surface area (Å²) in [5.41, 5.74) is 0.418. The number of carbonyl (C=O) groups is 6. The van der Waals surface area contributed by atoms with Crippen LogP contribution in [0.15, 0.2) is 12.3 Å². The SMILES string of the molecule is C=C1CCC(=O)N1OC(=O)[C@@H](CC(=O)CCCCC(=O)ON1C(=O)CCC1=O)C(C)CC. The summed E-state index contributed by atoms with van der Waals surface area (Å²) in [5.74, 6) is -3.72. The smallest absolute Gasteiger partial charge is 0.333 e. The Morgan fingerprint density at radius 1 is 0.906 bits per heavy atom. The number of ketones is 1. The first-order chi connectivity index (χ1) is 15.1. The van der Waals surface area contributed by atoms with Crippen LogP contribution >= 0.6 is 0 Å². The second-order valence-corrected chi connectivity index (χ2v) is 8.15. The predicted octanol–water partition coefficient (Wildman–Crippen LogP) is 2.37. The molecular weight excluding hydrogens is 420 g/mol. The van der Waals surface area contributed by atoms with Crippen LogP contribution in [0.1, 0.15) is 78.1 Å². The van der Waals surface area contributed by atoms with Gasteiger partial charge in [-0.3, -0.25) is 19.2 Å². The van der Waals surface area contributed by atoms with E-state index in [-0.39, 0.29) is 56.1 Å². The van der Waals surface area contributed by atoms with Crippen LogP contribution in [-0.4, -0.2) is 45.6 Å². The molecule has 0 spiro atoms. The summed E-state index contributed by atoms with van der Waals surface area (Å²) in [6.07, 6.45) is 2.20. The lowest BCUT2D eigenvalue weighted by Crippen LogP contribution is -2.34. The highest BCUT2D eigenvalue weighted by Crippen LogP contribution is 2.26. The second kappa shape index (κ2) is 11.5. The normalized spacial score (nSPS) is 18.2. The van der Waals surface area contributed by atoms with E-state index >= 15 is 0 Å². The third-order valence-electron chi connectivity index (χ3n) is 5.69. The molecule has 2 saturated heterocycles. The zero-order valence-electron chi connectivity index (χ0n) is 18.6. The van der Waals surface area contributed by atoms with Crippen molar-refractivity contribution in [3.05, 3.63) is 12.3 Å². The van der Waals surface area contributed by atoms with Crippen molar-refractivity contribution < 1.29 is 38.4 Å². The number of hydroxylamine groups is 4. The molecule has 2 rings (SSSR count). The van der Waals surface area contributed by atoms with Crippen molar-refractivity contribution in [2.75, 3.05) is 0 Å². The highest BCUT2D eigenvalue weighted by Gasteiger charge is 2.34. The van der Waals surface area contributed by atoms with Crippen LogP contribution in [0.5, 0.6) is 0 Å². The van der Waals surface area contributed by atoms with Gasteiger partial charge >= 0.3 is 11.9 Å². The molecule has 2 fully saturated rings. The molecule has 10 heteroatoms. The highest BCUT2D eigenvalue weighted by atomic mass is 16.7. The number of amides is 3. The number of carbonyl (C=O) groups excluding carboxylic acids is 6. The number of hydrogen-bond donors (Lipinski definition) is 0. The van der Waals surface area contributed by atoms with Crippen LogP contribution in [0.3, 0.4) is 0 Å². The van der Waals surface area contributed by atoms with Crippen molar-refractivity contribution in [2.24, 2.45) is 11.8 Å². The Morgan fingerprint density at radius 3 is 2.03 bits per heavy atom. The molecule has 3 amide bonds. The Morgan fingerprint density at radius 2 is 1.47 bits per heavy atom. The minimum Gasteiger partial charge on any atom is -0.333 e. The van der Waals surface area contributed by atoms with Gasteiger partial charge in [0.15, 0.2) is 0 Å². The van der Waals surface area contributed by atoms with Crippen molar-refractivity contribution in [1.82, 2.24) is 10.1 Å². The number of imide groups is 1. The lowest BCUT2D eigenvalue weighted by Gasteiger charge is -2.24. The Labute approximate surface area is 186 Å². The molecular formula is C22H30N2O8. The van der Waals surface area contributed by atoms with E-state index in [1.807, 2.05) is 13.8 Å². The summed E-state index contributed by atoms with van der Waals surface area (Å²) in [4.78, 5) is 81.6. The molecule has 0 aromatic heterocycles. The fourth-order valence-corrected chi connectivity index (χ4v) is 3.45. The van der Waals surface area contributed by atoms with Crippen molar-refractivity contribution in [1.29, 1.82) is 0 Å². The molecule has 0 saturated carbocycles. The fraction of sp³-hybridized carbons (Fsp3) is 0.636. The van der Waals surface area contributed by atoms with Crippen molar-refractivity contribution in [3.63, 3.8) is 0 Å². The van der Waals surface area contributed by atoms with Crippen LogP contribution in [0.2, 0.25) is 0 Å². The maximum absolute atomic E-state index is 12.6. The molecule has 0 N–H and O–H groups in total. The first kappa shape index (κ1) is 25.2. The predicted molar refractivity (Wildman–Crippen MR) is 110 cm³/mol. The lowest BCUT2D eigenvalue weighted by molar-refractivity contribution is -0.197. The van der Waals surface area contributed by atoms with Crippen LogP contribution in [-0.2, 0) is 38.4 Å². The summed E-state index contributed by atoms with van der Waals surface area (Å²) in [5, 5.41) is 1.42. The summed E-state index contributed by atoms with van der Waals surface area (Å²) in [7, 11) is 0. The minimum atomic E-state index is -0.711. The van der Waals surface area contributed by atoms with E-state index in [2.05, 4.69) is 6.58 Å². The quantitative estimate of drug-likeness (QED) is 0.327. The van der Waals surface area contributed by atoms with Crippen molar-refractivity contribution in [2.45, 2.75) is 78.1 Å². The summed E-state index contributed by atoms with van der Waals surface area (Å²) in [6, 6.07) is 0. The van der Waals surface area contributed by atoms with Gasteiger partial charge in [0.1, 0.15) is 5.78 Å². The van der Waals surface area contributed by atoms with Gasteiger partial charge in [-0.15, -0.1) is 10.1 Å². The standard InChI is InChI=1S/C22H30N2O8/c1-4-14(2)17(22(30)32-23-15(3)9-10-18(23)26)13-16(25)7-5-6-8-21(29)31-24-19(27)11-12-20(24)28/h14,17H,3-13H2,1-2H3/t14?,17-/m0/s1. The maximum Gasteiger partial charge on any atom is 0.336 e. The average molecular weight is 450 g/mol. The van der Waals surface area contributed by atoms with E-state index in [0.29, 0.717) is 36.4 Å². The Balaban J connectivity index is 1.76. The Kier molecular flexibility index (Phi) is 9.10. The maximum atomic E-state index is 12.6. The van der Waals surface area contributed by atoms with Crippen molar-refractivity contribution >= 4 is 35.4 Å². The third kappa shape index (κ3) is 6.73. The summed E-state index contributed by atoms with van der Waals surface area (Å²) in [6.45, 7) is 7.46. The van der Waals surface area contributed by atoms with Crippen LogP contribution < -0.4 is 0 Å². The molecule has 32 heavy (non-hydrogen) atoms. The number of nitrogens with zero attached hydrogens (tertiary/aromatic N) is 2. The molecule has 0 aromatic carbocycles. The molecule has 2 aliphatic heterocycles. The Hall–Kier alpha value is -3.04. The highest BCUT2D eigenvalue weighted by molar-refractivity contribution is 6.01. The van der Waals surface area contributed by atoms with E-state index in [1.54, 1.807) is 0 Å². The fourth-order valence-electron chi connectivity index (χ4n) is 3.45. The van der Waals surface area contributed by atoms with E-state index in [0.717, 1.165) is 5.06 Å². The van der Waals surface area contributed by atoms with Gasteiger partial charge in [0.05, 0.1) is 11.6 Å². The first-order valence-electron chi connectivity index (χ1n) is 10.9. The van der Waals surface area contributed by atoms with Crippen LogP contribution in [0.25, 0.3) is 0 Å². The molecule has 2 atom stereocenters. The second-order valence-electron chi connectivity index (χ2n) is 8.15. The largest absolute Gasteiger partial charge is 0.336 e. The van der Waals surface area contributed by atoms with Gasteiger partial charge in [0.2, 0.25) is 0 Å². The minimum absolute atomic E-state index is 0.0242. The Bertz CT molecular complexity index is 774. The molecule has 10 nitrogen and oxygen atoms in total. The van der Waals surface area contributed by atoms with Gasteiger partial charge in [-0.2, -0.15) is 0 Å². The van der Waals surface area contributed by atoms with Crippen LogP contribution in [0.4, 0.5) is 0 Å². The van der Waals surface area contributed by atoms with E-state index in [9.17, 15) is 28.8 Å². The molecule has 0 radical (unpaired) electrons. The molecule has 2 aliphatic rings.